The first-order chi connectivity index (χ1) is 10.3. The second kappa shape index (κ2) is 8.30. The van der Waals surface area contributed by atoms with Crippen LogP contribution >= 0.6 is 0 Å². The average Bonchev–Trinajstić information content (AvgIpc) is 2.76. The first kappa shape index (κ1) is 17.9. The number of anilines is 1. The first-order valence-corrected chi connectivity index (χ1v) is 6.91. The maximum absolute atomic E-state index is 13.1. The number of nitrogens with one attached hydrogen (secondary N) is 2. The molecule has 0 aliphatic carbocycles. The lowest BCUT2D eigenvalue weighted by atomic mass is 10.2. The van der Waals surface area contributed by atoms with Crippen molar-refractivity contribution in [2.75, 3.05) is 11.9 Å². The number of hydrogen-bond donors (Lipinski definition) is 3. The molecule has 0 aliphatic rings. The Balaban J connectivity index is 2.62. The Bertz CT molecular complexity index is 517. The SMILES string of the molecule is CC(C)Cn1ncc(NC(=O)NCCCC(=O)O)c1C(F)F. The van der Waals surface area contributed by atoms with Gasteiger partial charge in [0.25, 0.3) is 6.43 Å². The first-order valence-electron chi connectivity index (χ1n) is 6.91. The summed E-state index contributed by atoms with van der Waals surface area (Å²) in [6.07, 6.45) is -1.39. The van der Waals surface area contributed by atoms with E-state index in [2.05, 4.69) is 15.7 Å². The van der Waals surface area contributed by atoms with Crippen LogP contribution in [0.2, 0.25) is 0 Å². The molecule has 0 fully saturated rings. The van der Waals surface area contributed by atoms with E-state index in [4.69, 9.17) is 5.11 Å². The van der Waals surface area contributed by atoms with Gasteiger partial charge in [-0.05, 0) is 12.3 Å². The molecule has 22 heavy (non-hydrogen) atoms. The number of alkyl halides is 2. The minimum Gasteiger partial charge on any atom is -0.481 e. The number of amides is 2. The van der Waals surface area contributed by atoms with E-state index in [1.54, 1.807) is 0 Å². The smallest absolute Gasteiger partial charge is 0.319 e. The number of aromatic nitrogens is 2. The predicted octanol–water partition coefficient (Wildman–Crippen LogP) is 2.46. The third-order valence-electron chi connectivity index (χ3n) is 2.73. The molecule has 0 aromatic carbocycles. The van der Waals surface area contributed by atoms with Crippen LogP contribution in [0.4, 0.5) is 19.3 Å². The van der Waals surface area contributed by atoms with Gasteiger partial charge in [0.15, 0.2) is 0 Å². The number of rotatable bonds is 8. The van der Waals surface area contributed by atoms with Gasteiger partial charge in [0.1, 0.15) is 5.69 Å². The molecule has 0 saturated heterocycles. The van der Waals surface area contributed by atoms with Crippen molar-refractivity contribution < 1.29 is 23.5 Å². The molecule has 1 heterocycles. The normalized spacial score (nSPS) is 11.0. The van der Waals surface area contributed by atoms with Gasteiger partial charge in [-0.15, -0.1) is 0 Å². The topological polar surface area (TPSA) is 96.3 Å². The van der Waals surface area contributed by atoms with E-state index in [9.17, 15) is 18.4 Å². The molecule has 0 unspecified atom stereocenters. The summed E-state index contributed by atoms with van der Waals surface area (Å²) >= 11 is 0. The van der Waals surface area contributed by atoms with Gasteiger partial charge in [-0.2, -0.15) is 5.10 Å². The zero-order chi connectivity index (χ0) is 16.7. The zero-order valence-corrected chi connectivity index (χ0v) is 12.5. The van der Waals surface area contributed by atoms with Gasteiger partial charge in [-0.1, -0.05) is 13.8 Å². The summed E-state index contributed by atoms with van der Waals surface area (Å²) in [6, 6.07) is -0.670. The Labute approximate surface area is 126 Å². The highest BCUT2D eigenvalue weighted by Gasteiger charge is 2.21. The van der Waals surface area contributed by atoms with Crippen molar-refractivity contribution in [3.05, 3.63) is 11.9 Å². The van der Waals surface area contributed by atoms with Gasteiger partial charge in [0, 0.05) is 19.5 Å². The number of urea groups is 1. The number of hydrogen-bond acceptors (Lipinski definition) is 3. The summed E-state index contributed by atoms with van der Waals surface area (Å²) in [7, 11) is 0. The largest absolute Gasteiger partial charge is 0.481 e. The monoisotopic (exact) mass is 318 g/mol. The molecule has 0 aliphatic heterocycles. The number of halogens is 2. The van der Waals surface area contributed by atoms with E-state index < -0.39 is 18.4 Å². The van der Waals surface area contributed by atoms with Crippen LogP contribution < -0.4 is 10.6 Å². The van der Waals surface area contributed by atoms with Crippen LogP contribution in [0.25, 0.3) is 0 Å². The number of carboxylic acids is 1. The maximum atomic E-state index is 13.1. The molecule has 3 N–H and O–H groups in total. The highest BCUT2D eigenvalue weighted by Crippen LogP contribution is 2.27. The van der Waals surface area contributed by atoms with Gasteiger partial charge < -0.3 is 15.7 Å². The summed E-state index contributed by atoms with van der Waals surface area (Å²) in [5, 5.41) is 17.1. The minimum absolute atomic E-state index is 0.0496. The molecular weight excluding hydrogens is 298 g/mol. The summed E-state index contributed by atoms with van der Waals surface area (Å²) in [6.45, 7) is 4.21. The van der Waals surface area contributed by atoms with Crippen LogP contribution in [-0.4, -0.2) is 33.4 Å². The molecule has 124 valence electrons. The van der Waals surface area contributed by atoms with E-state index >= 15 is 0 Å². The standard InChI is InChI=1S/C13H20F2N4O3/c1-8(2)7-19-11(12(14)15)9(6-17-19)18-13(22)16-5-3-4-10(20)21/h6,8,12H,3-5,7H2,1-2H3,(H,20,21)(H2,16,18,22). The lowest BCUT2D eigenvalue weighted by Gasteiger charge is -2.11. The lowest BCUT2D eigenvalue weighted by Crippen LogP contribution is -2.30. The average molecular weight is 318 g/mol. The van der Waals surface area contributed by atoms with E-state index in [0.717, 1.165) is 0 Å². The van der Waals surface area contributed by atoms with Crippen molar-refractivity contribution in [3.63, 3.8) is 0 Å². The van der Waals surface area contributed by atoms with Crippen LogP contribution in [0.5, 0.6) is 0 Å². The molecule has 0 radical (unpaired) electrons. The number of aliphatic carboxylic acids is 1. The quantitative estimate of drug-likeness (QED) is 0.641. The number of carboxylic acid groups (broad SMARTS) is 1. The molecule has 1 aromatic heterocycles. The van der Waals surface area contributed by atoms with Crippen molar-refractivity contribution in [2.24, 2.45) is 5.92 Å². The Morgan fingerprint density at radius 2 is 2.09 bits per heavy atom. The fourth-order valence-corrected chi connectivity index (χ4v) is 1.82. The van der Waals surface area contributed by atoms with E-state index in [1.165, 1.54) is 10.9 Å². The fourth-order valence-electron chi connectivity index (χ4n) is 1.82. The summed E-state index contributed by atoms with van der Waals surface area (Å²) in [5.41, 5.74) is -0.388. The second-order valence-electron chi connectivity index (χ2n) is 5.20. The van der Waals surface area contributed by atoms with Gasteiger partial charge >= 0.3 is 12.0 Å². The van der Waals surface area contributed by atoms with Gasteiger partial charge in [0.2, 0.25) is 0 Å². The van der Waals surface area contributed by atoms with Crippen molar-refractivity contribution in [2.45, 2.75) is 39.7 Å². The predicted molar refractivity (Wildman–Crippen MR) is 75.9 cm³/mol. The molecule has 1 rings (SSSR count). The molecular formula is C13H20F2N4O3. The lowest BCUT2D eigenvalue weighted by molar-refractivity contribution is -0.137. The van der Waals surface area contributed by atoms with Crippen LogP contribution in [0.3, 0.4) is 0 Å². The fraction of sp³-hybridized carbons (Fsp3) is 0.615. The van der Waals surface area contributed by atoms with Crippen molar-refractivity contribution >= 4 is 17.7 Å². The van der Waals surface area contributed by atoms with Crippen LogP contribution in [0.15, 0.2) is 6.20 Å². The Kier molecular flexibility index (Phi) is 6.74. The van der Waals surface area contributed by atoms with E-state index in [0.29, 0.717) is 6.54 Å². The van der Waals surface area contributed by atoms with E-state index in [1.807, 2.05) is 13.8 Å². The van der Waals surface area contributed by atoms with Crippen LogP contribution in [0, 0.1) is 5.92 Å². The Hall–Kier alpha value is -2.19. The molecule has 1 aromatic rings. The number of carbonyl (C=O) groups is 2. The third kappa shape index (κ3) is 5.66. The van der Waals surface area contributed by atoms with Crippen molar-refractivity contribution in [1.82, 2.24) is 15.1 Å². The van der Waals surface area contributed by atoms with Crippen molar-refractivity contribution in [3.8, 4) is 0 Å². The number of carbonyl (C=O) groups excluding carboxylic acids is 1. The third-order valence-corrected chi connectivity index (χ3v) is 2.73. The molecule has 0 bridgehead atoms. The van der Waals surface area contributed by atoms with E-state index in [-0.39, 0.29) is 36.7 Å². The van der Waals surface area contributed by atoms with Crippen molar-refractivity contribution in [1.29, 1.82) is 0 Å². The Morgan fingerprint density at radius 3 is 2.64 bits per heavy atom. The molecule has 7 nitrogen and oxygen atoms in total. The summed E-state index contributed by atoms with van der Waals surface area (Å²) in [5.74, 6) is -0.827. The van der Waals surface area contributed by atoms with Gasteiger partial charge in [0.05, 0.1) is 11.9 Å². The summed E-state index contributed by atoms with van der Waals surface area (Å²) < 4.78 is 27.4. The molecule has 0 spiro atoms. The summed E-state index contributed by atoms with van der Waals surface area (Å²) in [4.78, 5) is 21.9. The van der Waals surface area contributed by atoms with Gasteiger partial charge in [-0.25, -0.2) is 13.6 Å². The minimum atomic E-state index is -2.76. The molecule has 0 saturated carbocycles. The number of nitrogens with zero attached hydrogens (tertiary/aromatic N) is 2. The molecule has 0 atom stereocenters. The highest BCUT2D eigenvalue weighted by atomic mass is 19.3. The Morgan fingerprint density at radius 1 is 1.41 bits per heavy atom. The second-order valence-corrected chi connectivity index (χ2v) is 5.20. The molecule has 2 amide bonds. The molecule has 9 heteroatoms. The highest BCUT2D eigenvalue weighted by molar-refractivity contribution is 5.89. The van der Waals surface area contributed by atoms with Gasteiger partial charge in [-0.3, -0.25) is 9.48 Å². The zero-order valence-electron chi connectivity index (χ0n) is 12.5. The maximum Gasteiger partial charge on any atom is 0.319 e. The van der Waals surface area contributed by atoms with Crippen LogP contribution in [0.1, 0.15) is 38.8 Å². The van der Waals surface area contributed by atoms with Crippen LogP contribution in [-0.2, 0) is 11.3 Å².